The molecule has 1 aromatic rings. The molecule has 0 atom stereocenters. The standard InChI is InChI=1S/C17H29N5O2/c1-4-18-17(19-9-6-12-22-11-5-7-16(22)23)20-10-8-15-13(2)21-24-14(15)3/h4-12H2,1-3H3,(H2,18,19,20). The third-order valence-corrected chi connectivity index (χ3v) is 4.22. The highest BCUT2D eigenvalue weighted by Gasteiger charge is 2.18. The largest absolute Gasteiger partial charge is 0.361 e. The number of aromatic nitrogens is 1. The first-order chi connectivity index (χ1) is 11.6. The molecule has 1 aromatic heterocycles. The van der Waals surface area contributed by atoms with Crippen LogP contribution in [0.3, 0.4) is 0 Å². The summed E-state index contributed by atoms with van der Waals surface area (Å²) in [4.78, 5) is 18.1. The number of nitrogens with one attached hydrogen (secondary N) is 2. The van der Waals surface area contributed by atoms with Crippen LogP contribution in [0.25, 0.3) is 0 Å². The van der Waals surface area contributed by atoms with Gasteiger partial charge in [0.25, 0.3) is 0 Å². The van der Waals surface area contributed by atoms with Gasteiger partial charge in [0.2, 0.25) is 5.91 Å². The molecule has 1 aliphatic rings. The van der Waals surface area contributed by atoms with Crippen molar-refractivity contribution in [2.45, 2.75) is 46.5 Å². The molecule has 2 heterocycles. The number of aliphatic imine (C=N–C) groups is 1. The molecule has 1 fully saturated rings. The van der Waals surface area contributed by atoms with E-state index in [1.54, 1.807) is 0 Å². The van der Waals surface area contributed by atoms with Gasteiger partial charge in [-0.3, -0.25) is 9.79 Å². The second kappa shape index (κ2) is 9.30. The van der Waals surface area contributed by atoms with Gasteiger partial charge >= 0.3 is 0 Å². The van der Waals surface area contributed by atoms with Crippen molar-refractivity contribution >= 4 is 11.9 Å². The Hall–Kier alpha value is -2.05. The van der Waals surface area contributed by atoms with Crippen molar-refractivity contribution < 1.29 is 9.32 Å². The predicted molar refractivity (Wildman–Crippen MR) is 94.1 cm³/mol. The number of nitrogens with zero attached hydrogens (tertiary/aromatic N) is 3. The van der Waals surface area contributed by atoms with E-state index in [2.05, 4.69) is 20.8 Å². The van der Waals surface area contributed by atoms with Crippen LogP contribution in [0, 0.1) is 13.8 Å². The summed E-state index contributed by atoms with van der Waals surface area (Å²) in [5, 5.41) is 10.6. The minimum absolute atomic E-state index is 0.281. The average Bonchev–Trinajstić information content (AvgIpc) is 3.11. The molecule has 0 aromatic carbocycles. The van der Waals surface area contributed by atoms with Crippen molar-refractivity contribution in [2.24, 2.45) is 4.99 Å². The lowest BCUT2D eigenvalue weighted by Crippen LogP contribution is -2.38. The highest BCUT2D eigenvalue weighted by molar-refractivity contribution is 5.79. The topological polar surface area (TPSA) is 82.8 Å². The van der Waals surface area contributed by atoms with Crippen molar-refractivity contribution in [1.29, 1.82) is 0 Å². The number of carbonyl (C=O) groups excluding carboxylic acids is 1. The van der Waals surface area contributed by atoms with Gasteiger partial charge in [0.05, 0.1) is 5.69 Å². The van der Waals surface area contributed by atoms with Gasteiger partial charge in [-0.25, -0.2) is 0 Å². The molecule has 1 aliphatic heterocycles. The van der Waals surface area contributed by atoms with E-state index in [4.69, 9.17) is 4.52 Å². The third kappa shape index (κ3) is 5.25. The molecule has 0 saturated carbocycles. The summed E-state index contributed by atoms with van der Waals surface area (Å²) < 4.78 is 5.18. The maximum Gasteiger partial charge on any atom is 0.222 e. The van der Waals surface area contributed by atoms with E-state index in [-0.39, 0.29) is 5.91 Å². The molecule has 0 unspecified atom stereocenters. The van der Waals surface area contributed by atoms with Crippen molar-refractivity contribution in [3.8, 4) is 0 Å². The molecule has 2 rings (SSSR count). The molecule has 2 N–H and O–H groups in total. The first-order valence-corrected chi connectivity index (χ1v) is 8.83. The fraction of sp³-hybridized carbons (Fsp3) is 0.706. The summed E-state index contributed by atoms with van der Waals surface area (Å²) in [5.41, 5.74) is 2.11. The molecule has 0 radical (unpaired) electrons. The highest BCUT2D eigenvalue weighted by atomic mass is 16.5. The van der Waals surface area contributed by atoms with Crippen molar-refractivity contribution in [2.75, 3.05) is 32.7 Å². The van der Waals surface area contributed by atoms with Gasteiger partial charge in [0.15, 0.2) is 5.96 Å². The zero-order valence-corrected chi connectivity index (χ0v) is 15.0. The van der Waals surface area contributed by atoms with Crippen LogP contribution in [0.15, 0.2) is 9.52 Å². The maximum absolute atomic E-state index is 11.6. The Morgan fingerprint density at radius 2 is 2.21 bits per heavy atom. The molecule has 7 nitrogen and oxygen atoms in total. The third-order valence-electron chi connectivity index (χ3n) is 4.22. The summed E-state index contributed by atoms with van der Waals surface area (Å²) >= 11 is 0. The second-order valence-corrected chi connectivity index (χ2v) is 6.08. The molecule has 0 aliphatic carbocycles. The second-order valence-electron chi connectivity index (χ2n) is 6.08. The van der Waals surface area contributed by atoms with Crippen molar-refractivity contribution in [3.05, 3.63) is 17.0 Å². The van der Waals surface area contributed by atoms with Crippen LogP contribution in [0.5, 0.6) is 0 Å². The fourth-order valence-corrected chi connectivity index (χ4v) is 2.90. The van der Waals surface area contributed by atoms with Crippen molar-refractivity contribution in [3.63, 3.8) is 0 Å². The molecule has 134 valence electrons. The Morgan fingerprint density at radius 1 is 1.38 bits per heavy atom. The van der Waals surface area contributed by atoms with Crippen LogP contribution in [0.4, 0.5) is 0 Å². The fourth-order valence-electron chi connectivity index (χ4n) is 2.90. The number of likely N-dealkylation sites (tertiary alicyclic amines) is 1. The SMILES string of the molecule is CCNC(=NCCCN1CCCC1=O)NCCc1c(C)noc1C. The number of rotatable bonds is 8. The van der Waals surface area contributed by atoms with Crippen LogP contribution in [-0.2, 0) is 11.2 Å². The molecule has 24 heavy (non-hydrogen) atoms. The highest BCUT2D eigenvalue weighted by Crippen LogP contribution is 2.12. The smallest absolute Gasteiger partial charge is 0.222 e. The van der Waals surface area contributed by atoms with Gasteiger partial charge in [0.1, 0.15) is 5.76 Å². The van der Waals surface area contributed by atoms with Crippen LogP contribution in [0.1, 0.15) is 43.2 Å². The Balaban J connectivity index is 1.73. The normalized spacial score (nSPS) is 15.2. The van der Waals surface area contributed by atoms with Crippen LogP contribution < -0.4 is 10.6 Å². The molecule has 0 bridgehead atoms. The lowest BCUT2D eigenvalue weighted by molar-refractivity contribution is -0.127. The lowest BCUT2D eigenvalue weighted by atomic mass is 10.1. The van der Waals surface area contributed by atoms with Gasteiger partial charge in [-0.2, -0.15) is 0 Å². The zero-order valence-electron chi connectivity index (χ0n) is 15.0. The molecule has 7 heteroatoms. The Kier molecular flexibility index (Phi) is 7.08. The summed E-state index contributed by atoms with van der Waals surface area (Å²) in [5.74, 6) is 1.98. The quantitative estimate of drug-likeness (QED) is 0.426. The van der Waals surface area contributed by atoms with Crippen LogP contribution in [-0.4, -0.2) is 54.6 Å². The maximum atomic E-state index is 11.6. The Bertz CT molecular complexity index is 548. The Labute approximate surface area is 143 Å². The van der Waals surface area contributed by atoms with Crippen LogP contribution >= 0.6 is 0 Å². The van der Waals surface area contributed by atoms with Gasteiger partial charge in [0, 0.05) is 44.7 Å². The summed E-state index contributed by atoms with van der Waals surface area (Å²) in [7, 11) is 0. The number of aryl methyl sites for hydroxylation is 2. The minimum atomic E-state index is 0.281. The lowest BCUT2D eigenvalue weighted by Gasteiger charge is -2.15. The van der Waals surface area contributed by atoms with E-state index in [1.165, 1.54) is 0 Å². The first-order valence-electron chi connectivity index (χ1n) is 8.83. The van der Waals surface area contributed by atoms with E-state index >= 15 is 0 Å². The monoisotopic (exact) mass is 335 g/mol. The minimum Gasteiger partial charge on any atom is -0.361 e. The zero-order chi connectivity index (χ0) is 17.4. The summed E-state index contributed by atoms with van der Waals surface area (Å²) in [6.45, 7) is 9.97. The van der Waals surface area contributed by atoms with E-state index < -0.39 is 0 Å². The van der Waals surface area contributed by atoms with E-state index in [1.807, 2.05) is 25.7 Å². The first kappa shape index (κ1) is 18.3. The van der Waals surface area contributed by atoms with E-state index in [9.17, 15) is 4.79 Å². The summed E-state index contributed by atoms with van der Waals surface area (Å²) in [6, 6.07) is 0. The van der Waals surface area contributed by atoms with E-state index in [0.29, 0.717) is 13.0 Å². The number of guanidine groups is 1. The van der Waals surface area contributed by atoms with Gasteiger partial charge < -0.3 is 20.1 Å². The van der Waals surface area contributed by atoms with Gasteiger partial charge in [-0.05, 0) is 40.0 Å². The number of amides is 1. The number of hydrogen-bond donors (Lipinski definition) is 2. The van der Waals surface area contributed by atoms with Gasteiger partial charge in [-0.15, -0.1) is 0 Å². The summed E-state index contributed by atoms with van der Waals surface area (Å²) in [6.07, 6.45) is 3.45. The Morgan fingerprint density at radius 3 is 2.83 bits per heavy atom. The molecule has 1 amide bonds. The number of carbonyl (C=O) groups is 1. The van der Waals surface area contributed by atoms with Crippen LogP contribution in [0.2, 0.25) is 0 Å². The van der Waals surface area contributed by atoms with Crippen molar-refractivity contribution in [1.82, 2.24) is 20.7 Å². The van der Waals surface area contributed by atoms with Gasteiger partial charge in [-0.1, -0.05) is 5.16 Å². The van der Waals surface area contributed by atoms with E-state index in [0.717, 1.165) is 68.4 Å². The average molecular weight is 335 g/mol. The molecule has 1 saturated heterocycles. The molecular formula is C17H29N5O2. The predicted octanol–water partition coefficient (Wildman–Crippen LogP) is 1.40. The molecule has 0 spiro atoms. The number of hydrogen-bond acceptors (Lipinski definition) is 4. The molecular weight excluding hydrogens is 306 g/mol.